The van der Waals surface area contributed by atoms with E-state index in [1.165, 1.54) is 6.42 Å². The van der Waals surface area contributed by atoms with Crippen LogP contribution in [0.5, 0.6) is 0 Å². The lowest BCUT2D eigenvalue weighted by molar-refractivity contribution is 0.721. The standard InChI is InChI=1S/C14H18N4S/c1-2-10-9-18(7-8-19-10)14-13(15)16-11-5-3-4-6-12(11)17-14/h3-6,10H,2,7-9H2,1H3,(H2,15,16). The van der Waals surface area contributed by atoms with Gasteiger partial charge in [0.1, 0.15) is 0 Å². The molecule has 0 aliphatic carbocycles. The van der Waals surface area contributed by atoms with Crippen molar-refractivity contribution in [1.82, 2.24) is 9.97 Å². The van der Waals surface area contributed by atoms with Crippen molar-refractivity contribution in [2.24, 2.45) is 0 Å². The molecule has 1 aliphatic heterocycles. The summed E-state index contributed by atoms with van der Waals surface area (Å²) in [5.74, 6) is 2.52. The molecule has 2 heterocycles. The van der Waals surface area contributed by atoms with Gasteiger partial charge in [-0.05, 0) is 18.6 Å². The zero-order chi connectivity index (χ0) is 13.2. The lowest BCUT2D eigenvalue weighted by Crippen LogP contribution is -2.38. The van der Waals surface area contributed by atoms with Gasteiger partial charge >= 0.3 is 0 Å². The number of nitrogen functional groups attached to an aromatic ring is 1. The molecule has 1 aliphatic rings. The summed E-state index contributed by atoms with van der Waals surface area (Å²) in [7, 11) is 0. The van der Waals surface area contributed by atoms with Gasteiger partial charge in [0.15, 0.2) is 11.6 Å². The molecule has 1 fully saturated rings. The highest BCUT2D eigenvalue weighted by molar-refractivity contribution is 8.00. The first-order valence-corrected chi connectivity index (χ1v) is 7.71. The minimum atomic E-state index is 0.542. The predicted molar refractivity (Wildman–Crippen MR) is 82.7 cm³/mol. The van der Waals surface area contributed by atoms with E-state index in [1.54, 1.807) is 0 Å². The van der Waals surface area contributed by atoms with Gasteiger partial charge in [0.05, 0.1) is 11.0 Å². The zero-order valence-corrected chi connectivity index (χ0v) is 11.9. The molecular weight excluding hydrogens is 256 g/mol. The normalized spacial score (nSPS) is 19.8. The molecule has 1 saturated heterocycles. The minimum absolute atomic E-state index is 0.542. The molecule has 1 aromatic carbocycles. The summed E-state index contributed by atoms with van der Waals surface area (Å²) in [6.45, 7) is 4.24. The average molecular weight is 274 g/mol. The first-order valence-electron chi connectivity index (χ1n) is 6.66. The Hall–Kier alpha value is -1.49. The first-order chi connectivity index (χ1) is 9.28. The monoisotopic (exact) mass is 274 g/mol. The second kappa shape index (κ2) is 5.25. The van der Waals surface area contributed by atoms with E-state index >= 15 is 0 Å². The van der Waals surface area contributed by atoms with Crippen LogP contribution in [-0.2, 0) is 0 Å². The van der Waals surface area contributed by atoms with Gasteiger partial charge < -0.3 is 10.6 Å². The first kappa shape index (κ1) is 12.5. The van der Waals surface area contributed by atoms with E-state index in [4.69, 9.17) is 10.7 Å². The van der Waals surface area contributed by atoms with Gasteiger partial charge in [0.2, 0.25) is 0 Å². The number of hydrogen-bond donors (Lipinski definition) is 1. The summed E-state index contributed by atoms with van der Waals surface area (Å²) in [5.41, 5.74) is 7.86. The van der Waals surface area contributed by atoms with E-state index < -0.39 is 0 Å². The van der Waals surface area contributed by atoms with Crippen molar-refractivity contribution in [3.8, 4) is 0 Å². The maximum absolute atomic E-state index is 6.08. The fraction of sp³-hybridized carbons (Fsp3) is 0.429. The summed E-state index contributed by atoms with van der Waals surface area (Å²) in [6.07, 6.45) is 1.18. The topological polar surface area (TPSA) is 55.0 Å². The Bertz CT molecular complexity index is 587. The number of fused-ring (bicyclic) bond motifs is 1. The number of para-hydroxylation sites is 2. The molecule has 1 unspecified atom stereocenters. The van der Waals surface area contributed by atoms with Crippen LogP contribution in [0.3, 0.4) is 0 Å². The lowest BCUT2D eigenvalue weighted by atomic mass is 10.2. The van der Waals surface area contributed by atoms with E-state index in [-0.39, 0.29) is 0 Å². The molecule has 19 heavy (non-hydrogen) atoms. The van der Waals surface area contributed by atoms with Gasteiger partial charge in [-0.2, -0.15) is 11.8 Å². The van der Waals surface area contributed by atoms with Crippen LogP contribution in [0.4, 0.5) is 11.6 Å². The molecule has 2 N–H and O–H groups in total. The van der Waals surface area contributed by atoms with Gasteiger partial charge in [0.25, 0.3) is 0 Å². The van der Waals surface area contributed by atoms with Gasteiger partial charge in [0, 0.05) is 24.1 Å². The molecule has 0 amide bonds. The maximum atomic E-state index is 6.08. The summed E-state index contributed by atoms with van der Waals surface area (Å²) in [6, 6.07) is 7.88. The number of benzene rings is 1. The summed E-state index contributed by atoms with van der Waals surface area (Å²) < 4.78 is 0. The number of aromatic nitrogens is 2. The van der Waals surface area contributed by atoms with Crippen molar-refractivity contribution < 1.29 is 0 Å². The fourth-order valence-corrected chi connectivity index (χ4v) is 3.58. The molecule has 0 radical (unpaired) electrons. The van der Waals surface area contributed by atoms with Crippen LogP contribution in [0.25, 0.3) is 11.0 Å². The number of hydrogen-bond acceptors (Lipinski definition) is 5. The summed E-state index contributed by atoms with van der Waals surface area (Å²) in [5, 5.41) is 0.668. The third kappa shape index (κ3) is 2.47. The summed E-state index contributed by atoms with van der Waals surface area (Å²) >= 11 is 2.04. The van der Waals surface area contributed by atoms with Crippen LogP contribution >= 0.6 is 11.8 Å². The molecule has 1 atom stereocenters. The van der Waals surface area contributed by atoms with Gasteiger partial charge in [-0.25, -0.2) is 9.97 Å². The third-order valence-corrected chi connectivity index (χ3v) is 4.84. The summed E-state index contributed by atoms with van der Waals surface area (Å²) in [4.78, 5) is 11.4. The quantitative estimate of drug-likeness (QED) is 0.912. The molecule has 4 nitrogen and oxygen atoms in total. The van der Waals surface area contributed by atoms with Crippen molar-refractivity contribution >= 4 is 34.4 Å². The molecule has 2 aromatic rings. The zero-order valence-electron chi connectivity index (χ0n) is 11.0. The van der Waals surface area contributed by atoms with Crippen LogP contribution in [0.15, 0.2) is 24.3 Å². The molecule has 100 valence electrons. The molecular formula is C14H18N4S. The number of thioether (sulfide) groups is 1. The SMILES string of the molecule is CCC1CN(c2nc3ccccc3nc2N)CCS1. The van der Waals surface area contributed by atoms with E-state index in [9.17, 15) is 0 Å². The highest BCUT2D eigenvalue weighted by atomic mass is 32.2. The fourth-order valence-electron chi connectivity index (χ4n) is 2.40. The molecule has 3 rings (SSSR count). The van der Waals surface area contributed by atoms with Crippen LogP contribution in [0, 0.1) is 0 Å². The number of nitrogens with zero attached hydrogens (tertiary/aromatic N) is 3. The second-order valence-corrected chi connectivity index (χ2v) is 6.18. The minimum Gasteiger partial charge on any atom is -0.381 e. The molecule has 1 aromatic heterocycles. The smallest absolute Gasteiger partial charge is 0.172 e. The van der Waals surface area contributed by atoms with Crippen molar-refractivity contribution in [3.63, 3.8) is 0 Å². The maximum Gasteiger partial charge on any atom is 0.172 e. The number of rotatable bonds is 2. The van der Waals surface area contributed by atoms with Crippen molar-refractivity contribution in [2.75, 3.05) is 29.5 Å². The van der Waals surface area contributed by atoms with Crippen LogP contribution < -0.4 is 10.6 Å². The van der Waals surface area contributed by atoms with Gasteiger partial charge in [-0.3, -0.25) is 0 Å². The van der Waals surface area contributed by atoms with Gasteiger partial charge in [-0.15, -0.1) is 0 Å². The number of nitrogens with two attached hydrogens (primary N) is 1. The Kier molecular flexibility index (Phi) is 3.46. The van der Waals surface area contributed by atoms with E-state index in [0.29, 0.717) is 11.1 Å². The third-order valence-electron chi connectivity index (χ3n) is 3.47. The molecule has 0 bridgehead atoms. The van der Waals surface area contributed by atoms with Crippen molar-refractivity contribution in [3.05, 3.63) is 24.3 Å². The largest absolute Gasteiger partial charge is 0.381 e. The molecule has 0 spiro atoms. The average Bonchev–Trinajstić information content (AvgIpc) is 2.46. The highest BCUT2D eigenvalue weighted by Crippen LogP contribution is 2.28. The van der Waals surface area contributed by atoms with Crippen molar-refractivity contribution in [1.29, 1.82) is 0 Å². The Morgan fingerprint density at radius 1 is 1.32 bits per heavy atom. The van der Waals surface area contributed by atoms with E-state index in [0.717, 1.165) is 35.7 Å². The highest BCUT2D eigenvalue weighted by Gasteiger charge is 2.22. The van der Waals surface area contributed by atoms with Gasteiger partial charge in [-0.1, -0.05) is 19.1 Å². The lowest BCUT2D eigenvalue weighted by Gasteiger charge is -2.33. The Morgan fingerprint density at radius 3 is 2.79 bits per heavy atom. The Labute approximate surface area is 117 Å². The number of anilines is 2. The van der Waals surface area contributed by atoms with Crippen LogP contribution in [-0.4, -0.2) is 34.1 Å². The second-order valence-electron chi connectivity index (χ2n) is 4.77. The molecule has 5 heteroatoms. The Morgan fingerprint density at radius 2 is 2.05 bits per heavy atom. The molecule has 0 saturated carbocycles. The van der Waals surface area contributed by atoms with Crippen molar-refractivity contribution in [2.45, 2.75) is 18.6 Å². The van der Waals surface area contributed by atoms with Crippen LogP contribution in [0.1, 0.15) is 13.3 Å². The Balaban J connectivity index is 1.97. The predicted octanol–water partition coefficient (Wildman–Crippen LogP) is 2.54. The van der Waals surface area contributed by atoms with E-state index in [2.05, 4.69) is 16.8 Å². The van der Waals surface area contributed by atoms with E-state index in [1.807, 2.05) is 36.0 Å². The van der Waals surface area contributed by atoms with Crippen LogP contribution in [0.2, 0.25) is 0 Å².